The molecule has 2 rings (SSSR count). The van der Waals surface area contributed by atoms with Crippen LogP contribution in [0.15, 0.2) is 24.3 Å². The molecule has 1 aliphatic heterocycles. The second-order valence-electron chi connectivity index (χ2n) is 3.84. The highest BCUT2D eigenvalue weighted by Crippen LogP contribution is 2.17. The van der Waals surface area contributed by atoms with E-state index < -0.39 is 0 Å². The maximum atomic E-state index is 11.5. The van der Waals surface area contributed by atoms with Gasteiger partial charge in [0.05, 0.1) is 18.2 Å². The first-order chi connectivity index (χ1) is 8.28. The summed E-state index contributed by atoms with van der Waals surface area (Å²) < 4.78 is 0. The van der Waals surface area contributed by atoms with Gasteiger partial charge in [0.2, 0.25) is 5.91 Å². The summed E-state index contributed by atoms with van der Waals surface area (Å²) in [5.41, 5.74) is 1.47. The lowest BCUT2D eigenvalue weighted by atomic mass is 10.2. The first-order valence-corrected chi connectivity index (χ1v) is 6.54. The largest absolute Gasteiger partial charge is 0.376 e. The molecule has 1 heterocycles. The fourth-order valence-corrected chi connectivity index (χ4v) is 2.08. The molecule has 1 aliphatic rings. The Bertz CT molecular complexity index is 434. The van der Waals surface area contributed by atoms with Crippen LogP contribution in [0.4, 0.5) is 5.69 Å². The maximum absolute atomic E-state index is 11.5. The Morgan fingerprint density at radius 3 is 2.65 bits per heavy atom. The number of thioether (sulfide) groups is 1. The molecule has 17 heavy (non-hydrogen) atoms. The highest BCUT2D eigenvalue weighted by atomic mass is 32.2. The molecule has 0 radical (unpaired) electrons. The third-order valence-electron chi connectivity index (χ3n) is 2.47. The number of benzene rings is 1. The van der Waals surface area contributed by atoms with Crippen LogP contribution in [-0.2, 0) is 4.79 Å². The number of amides is 1. The Morgan fingerprint density at radius 2 is 2.12 bits per heavy atom. The molecule has 0 bridgehead atoms. The van der Waals surface area contributed by atoms with Crippen LogP contribution in [0.25, 0.3) is 0 Å². The minimum absolute atomic E-state index is 0.0136. The minimum Gasteiger partial charge on any atom is -0.376 e. The summed E-state index contributed by atoms with van der Waals surface area (Å²) in [4.78, 5) is 11.5. The zero-order valence-corrected chi connectivity index (χ0v) is 10.1. The Balaban J connectivity index is 1.76. The van der Waals surface area contributed by atoms with Crippen molar-refractivity contribution in [2.24, 2.45) is 0 Å². The van der Waals surface area contributed by atoms with Crippen LogP contribution < -0.4 is 10.6 Å². The van der Waals surface area contributed by atoms with Gasteiger partial charge in [0.15, 0.2) is 0 Å². The molecule has 0 aromatic heterocycles. The van der Waals surface area contributed by atoms with E-state index in [2.05, 4.69) is 16.7 Å². The van der Waals surface area contributed by atoms with Crippen molar-refractivity contribution in [3.63, 3.8) is 0 Å². The first kappa shape index (κ1) is 11.8. The predicted octanol–water partition coefficient (Wildman–Crippen LogP) is 1.20. The SMILES string of the molecule is N#Cc1ccc(NCC(=O)NC2CSC2)cc1. The molecule has 5 heteroatoms. The van der Waals surface area contributed by atoms with Gasteiger partial charge < -0.3 is 10.6 Å². The van der Waals surface area contributed by atoms with Crippen LogP contribution in [0.2, 0.25) is 0 Å². The second kappa shape index (κ2) is 5.60. The van der Waals surface area contributed by atoms with E-state index in [9.17, 15) is 4.79 Å². The Hall–Kier alpha value is -1.67. The molecule has 0 spiro atoms. The average Bonchev–Trinajstić information content (AvgIpc) is 2.32. The molecule has 1 saturated heterocycles. The van der Waals surface area contributed by atoms with Crippen molar-refractivity contribution in [2.75, 3.05) is 23.4 Å². The van der Waals surface area contributed by atoms with Crippen molar-refractivity contribution in [2.45, 2.75) is 6.04 Å². The van der Waals surface area contributed by atoms with Gasteiger partial charge in [-0.05, 0) is 24.3 Å². The van der Waals surface area contributed by atoms with Gasteiger partial charge >= 0.3 is 0 Å². The van der Waals surface area contributed by atoms with Gasteiger partial charge in [-0.3, -0.25) is 4.79 Å². The summed E-state index contributed by atoms with van der Waals surface area (Å²) >= 11 is 1.84. The summed E-state index contributed by atoms with van der Waals surface area (Å²) in [5.74, 6) is 2.05. The molecule has 0 unspecified atom stereocenters. The van der Waals surface area contributed by atoms with Crippen molar-refractivity contribution >= 4 is 23.4 Å². The van der Waals surface area contributed by atoms with Gasteiger partial charge in [-0.1, -0.05) is 0 Å². The summed E-state index contributed by atoms with van der Waals surface area (Å²) in [6.45, 7) is 0.271. The lowest BCUT2D eigenvalue weighted by molar-refractivity contribution is -0.119. The number of anilines is 1. The highest BCUT2D eigenvalue weighted by molar-refractivity contribution is 8.00. The van der Waals surface area contributed by atoms with Crippen molar-refractivity contribution in [1.82, 2.24) is 5.32 Å². The summed E-state index contributed by atoms with van der Waals surface area (Å²) in [5, 5.41) is 14.6. The number of carbonyl (C=O) groups excluding carboxylic acids is 1. The average molecular weight is 247 g/mol. The van der Waals surface area contributed by atoms with Gasteiger partial charge in [-0.25, -0.2) is 0 Å². The molecule has 88 valence electrons. The topological polar surface area (TPSA) is 64.9 Å². The molecule has 4 nitrogen and oxygen atoms in total. The van der Waals surface area contributed by atoms with Gasteiger partial charge in [0.1, 0.15) is 0 Å². The number of nitriles is 1. The van der Waals surface area contributed by atoms with E-state index in [1.165, 1.54) is 0 Å². The summed E-state index contributed by atoms with van der Waals surface area (Å²) in [6, 6.07) is 9.44. The molecule has 1 aromatic carbocycles. The van der Waals surface area contributed by atoms with E-state index >= 15 is 0 Å². The quantitative estimate of drug-likeness (QED) is 0.839. The number of carbonyl (C=O) groups is 1. The molecule has 1 fully saturated rings. The monoisotopic (exact) mass is 247 g/mol. The molecule has 0 atom stereocenters. The van der Waals surface area contributed by atoms with E-state index in [0.29, 0.717) is 11.6 Å². The number of hydrogen-bond acceptors (Lipinski definition) is 4. The first-order valence-electron chi connectivity index (χ1n) is 5.39. The highest BCUT2D eigenvalue weighted by Gasteiger charge is 2.19. The predicted molar refractivity (Wildman–Crippen MR) is 68.9 cm³/mol. The van der Waals surface area contributed by atoms with Crippen LogP contribution in [0, 0.1) is 11.3 Å². The Kier molecular flexibility index (Phi) is 3.89. The van der Waals surface area contributed by atoms with Crippen LogP contribution in [0.1, 0.15) is 5.56 Å². The van der Waals surface area contributed by atoms with Gasteiger partial charge in [0, 0.05) is 23.2 Å². The van der Waals surface area contributed by atoms with Crippen molar-refractivity contribution in [1.29, 1.82) is 5.26 Å². The lowest BCUT2D eigenvalue weighted by Gasteiger charge is -2.25. The standard InChI is InChI=1S/C12H13N3OS/c13-5-9-1-3-10(4-2-9)14-6-12(16)15-11-7-17-8-11/h1-4,11,14H,6-8H2,(H,15,16). The number of nitrogens with zero attached hydrogens (tertiary/aromatic N) is 1. The van der Waals surface area contributed by atoms with Gasteiger partial charge in [0.25, 0.3) is 0 Å². The molecular formula is C12H13N3OS. The minimum atomic E-state index is 0.0136. The fraction of sp³-hybridized carbons (Fsp3) is 0.333. The molecular weight excluding hydrogens is 234 g/mol. The molecule has 1 aromatic rings. The number of hydrogen-bond donors (Lipinski definition) is 2. The second-order valence-corrected chi connectivity index (χ2v) is 4.92. The number of rotatable bonds is 4. The van der Waals surface area contributed by atoms with Crippen LogP contribution in [0.5, 0.6) is 0 Å². The maximum Gasteiger partial charge on any atom is 0.239 e. The van der Waals surface area contributed by atoms with Gasteiger partial charge in [-0.2, -0.15) is 17.0 Å². The zero-order valence-electron chi connectivity index (χ0n) is 9.27. The van der Waals surface area contributed by atoms with E-state index in [1.807, 2.05) is 11.8 Å². The molecule has 2 N–H and O–H groups in total. The number of nitrogens with one attached hydrogen (secondary N) is 2. The van der Waals surface area contributed by atoms with Crippen LogP contribution >= 0.6 is 11.8 Å². The third-order valence-corrected chi connectivity index (χ3v) is 3.75. The van der Waals surface area contributed by atoms with Crippen molar-refractivity contribution in [3.8, 4) is 6.07 Å². The van der Waals surface area contributed by atoms with E-state index in [0.717, 1.165) is 17.2 Å². The van der Waals surface area contributed by atoms with Crippen molar-refractivity contribution < 1.29 is 4.79 Å². The van der Waals surface area contributed by atoms with Crippen LogP contribution in [0.3, 0.4) is 0 Å². The Labute approximate surface area is 104 Å². The smallest absolute Gasteiger partial charge is 0.239 e. The van der Waals surface area contributed by atoms with E-state index in [4.69, 9.17) is 5.26 Å². The summed E-state index contributed by atoms with van der Waals surface area (Å²) in [6.07, 6.45) is 0. The van der Waals surface area contributed by atoms with Gasteiger partial charge in [-0.15, -0.1) is 0 Å². The molecule has 1 amide bonds. The third kappa shape index (κ3) is 3.40. The molecule has 0 saturated carbocycles. The van der Waals surface area contributed by atoms with Crippen LogP contribution in [-0.4, -0.2) is 30.0 Å². The van der Waals surface area contributed by atoms with E-state index in [1.54, 1.807) is 24.3 Å². The zero-order chi connectivity index (χ0) is 12.1. The Morgan fingerprint density at radius 1 is 1.41 bits per heavy atom. The lowest BCUT2D eigenvalue weighted by Crippen LogP contribution is -2.45. The van der Waals surface area contributed by atoms with Crippen molar-refractivity contribution in [3.05, 3.63) is 29.8 Å². The normalized spacial score (nSPS) is 14.5. The fourth-order valence-electron chi connectivity index (χ4n) is 1.44. The van der Waals surface area contributed by atoms with E-state index in [-0.39, 0.29) is 12.5 Å². The summed E-state index contributed by atoms with van der Waals surface area (Å²) in [7, 11) is 0. The molecule has 0 aliphatic carbocycles.